The molecular weight excluding hydrogens is 394 g/mol. The summed E-state index contributed by atoms with van der Waals surface area (Å²) < 4.78 is 1.70. The lowest BCUT2D eigenvalue weighted by Gasteiger charge is -2.19. The number of para-hydroxylation sites is 1. The molecule has 1 amide bonds. The maximum atomic E-state index is 12.8. The Bertz CT molecular complexity index is 1210. The summed E-state index contributed by atoms with van der Waals surface area (Å²) in [6.45, 7) is 8.39. The largest absolute Gasteiger partial charge is 0.321 e. The molecule has 0 atom stereocenters. The molecule has 2 aromatic carbocycles. The third-order valence-electron chi connectivity index (χ3n) is 4.71. The highest BCUT2D eigenvalue weighted by Crippen LogP contribution is 2.33. The van der Waals surface area contributed by atoms with E-state index in [2.05, 4.69) is 41.2 Å². The molecular formula is C23H23N5OS. The highest BCUT2D eigenvalue weighted by atomic mass is 32.2. The predicted octanol–water partition coefficient (Wildman–Crippen LogP) is 5.13. The van der Waals surface area contributed by atoms with E-state index in [4.69, 9.17) is 0 Å². The molecule has 152 valence electrons. The minimum atomic E-state index is -0.139. The second-order valence-electron chi connectivity index (χ2n) is 8.09. The molecule has 6 nitrogen and oxygen atoms in total. The molecule has 7 heteroatoms. The quantitative estimate of drug-likeness (QED) is 0.466. The van der Waals surface area contributed by atoms with Crippen LogP contribution in [0.15, 0.2) is 70.8 Å². The van der Waals surface area contributed by atoms with E-state index in [1.807, 2.05) is 61.5 Å². The first kappa shape index (κ1) is 20.1. The summed E-state index contributed by atoms with van der Waals surface area (Å²) >= 11 is 1.51. The van der Waals surface area contributed by atoms with Crippen molar-refractivity contribution in [3.05, 3.63) is 77.7 Å². The number of fused-ring (bicyclic) bond motifs is 1. The molecule has 0 spiro atoms. The van der Waals surface area contributed by atoms with Gasteiger partial charge in [-0.25, -0.2) is 4.98 Å². The zero-order chi connectivity index (χ0) is 21.3. The fourth-order valence-corrected chi connectivity index (χ4v) is 4.10. The Morgan fingerprint density at radius 1 is 1.07 bits per heavy atom. The van der Waals surface area contributed by atoms with E-state index < -0.39 is 0 Å². The molecule has 4 aromatic rings. The van der Waals surface area contributed by atoms with E-state index in [-0.39, 0.29) is 11.3 Å². The second kappa shape index (κ2) is 7.91. The van der Waals surface area contributed by atoms with E-state index in [1.165, 1.54) is 23.7 Å². The first-order valence-electron chi connectivity index (χ1n) is 9.67. The van der Waals surface area contributed by atoms with Crippen LogP contribution in [0.1, 0.15) is 42.4 Å². The van der Waals surface area contributed by atoms with Gasteiger partial charge in [-0.2, -0.15) is 14.6 Å². The van der Waals surface area contributed by atoms with Crippen LogP contribution in [0.5, 0.6) is 0 Å². The number of rotatable bonds is 4. The maximum Gasteiger partial charge on any atom is 0.255 e. The normalized spacial score (nSPS) is 11.6. The molecule has 0 unspecified atom stereocenters. The van der Waals surface area contributed by atoms with Crippen molar-refractivity contribution in [2.45, 2.75) is 43.0 Å². The summed E-state index contributed by atoms with van der Waals surface area (Å²) in [5.74, 6) is 0.415. The fourth-order valence-electron chi connectivity index (χ4n) is 3.06. The van der Waals surface area contributed by atoms with Crippen LogP contribution in [-0.2, 0) is 5.41 Å². The number of hydrogen-bond acceptors (Lipinski definition) is 5. The number of carbonyl (C=O) groups excluding carboxylic acids is 1. The minimum Gasteiger partial charge on any atom is -0.321 e. The number of benzene rings is 2. The van der Waals surface area contributed by atoms with Crippen LogP contribution in [0, 0.1) is 6.92 Å². The smallest absolute Gasteiger partial charge is 0.255 e. The summed E-state index contributed by atoms with van der Waals surface area (Å²) in [6.07, 6.45) is 1.49. The third kappa shape index (κ3) is 4.21. The van der Waals surface area contributed by atoms with Gasteiger partial charge in [0, 0.05) is 16.2 Å². The Morgan fingerprint density at radius 2 is 1.80 bits per heavy atom. The number of nitrogens with zero attached hydrogens (tertiary/aromatic N) is 4. The van der Waals surface area contributed by atoms with Gasteiger partial charge in [0.15, 0.2) is 0 Å². The van der Waals surface area contributed by atoms with Crippen molar-refractivity contribution in [1.29, 1.82) is 0 Å². The molecule has 0 aliphatic rings. The van der Waals surface area contributed by atoms with Crippen LogP contribution >= 0.6 is 11.8 Å². The van der Waals surface area contributed by atoms with Gasteiger partial charge in [0.05, 0.1) is 5.69 Å². The molecule has 30 heavy (non-hydrogen) atoms. The molecule has 0 aliphatic heterocycles. The van der Waals surface area contributed by atoms with Crippen LogP contribution in [0.25, 0.3) is 5.78 Å². The van der Waals surface area contributed by atoms with Crippen molar-refractivity contribution in [3.8, 4) is 0 Å². The Balaban J connectivity index is 1.59. The predicted molar refractivity (Wildman–Crippen MR) is 119 cm³/mol. The standard InChI is InChI=1S/C23H23N5OS/c1-15-13-20(28-22(26-15)24-14-25-28)30-19-8-6-5-7-18(19)27-21(29)16-9-11-17(12-10-16)23(2,3)4/h5-14H,1-4H3,(H,27,29). The number of nitrogens with one attached hydrogen (secondary N) is 1. The van der Waals surface area contributed by atoms with E-state index >= 15 is 0 Å². The molecule has 0 fully saturated rings. The lowest BCUT2D eigenvalue weighted by molar-refractivity contribution is 0.102. The summed E-state index contributed by atoms with van der Waals surface area (Å²) in [5, 5.41) is 8.18. The lowest BCUT2D eigenvalue weighted by Crippen LogP contribution is -2.14. The number of hydrogen-bond donors (Lipinski definition) is 1. The molecule has 2 heterocycles. The summed E-state index contributed by atoms with van der Waals surface area (Å²) in [4.78, 5) is 22.3. The van der Waals surface area contributed by atoms with Crippen molar-refractivity contribution in [1.82, 2.24) is 19.6 Å². The summed E-state index contributed by atoms with van der Waals surface area (Å²) in [6, 6.07) is 17.4. The van der Waals surface area contributed by atoms with Crippen molar-refractivity contribution in [2.24, 2.45) is 0 Å². The van der Waals surface area contributed by atoms with Gasteiger partial charge in [-0.1, -0.05) is 56.8 Å². The molecule has 2 aromatic heterocycles. The number of aryl methyl sites for hydroxylation is 1. The summed E-state index contributed by atoms with van der Waals surface area (Å²) in [7, 11) is 0. The van der Waals surface area contributed by atoms with Crippen LogP contribution in [0.2, 0.25) is 0 Å². The van der Waals surface area contributed by atoms with E-state index in [1.54, 1.807) is 4.52 Å². The molecule has 0 saturated carbocycles. The molecule has 0 radical (unpaired) electrons. The third-order valence-corrected chi connectivity index (χ3v) is 5.79. The maximum absolute atomic E-state index is 12.8. The van der Waals surface area contributed by atoms with Gasteiger partial charge in [0.1, 0.15) is 11.4 Å². The first-order chi connectivity index (χ1) is 14.3. The molecule has 0 saturated heterocycles. The molecule has 0 bridgehead atoms. The number of carbonyl (C=O) groups is 1. The van der Waals surface area contributed by atoms with Crippen LogP contribution in [-0.4, -0.2) is 25.5 Å². The SMILES string of the molecule is Cc1cc(Sc2ccccc2NC(=O)c2ccc(C(C)(C)C)cc2)n2ncnc2n1. The highest BCUT2D eigenvalue weighted by molar-refractivity contribution is 7.99. The van der Waals surface area contributed by atoms with E-state index in [9.17, 15) is 4.79 Å². The fraction of sp³-hybridized carbons (Fsp3) is 0.217. The monoisotopic (exact) mass is 417 g/mol. The minimum absolute atomic E-state index is 0.0492. The van der Waals surface area contributed by atoms with Crippen molar-refractivity contribution < 1.29 is 4.79 Å². The van der Waals surface area contributed by atoms with Gasteiger partial charge in [-0.3, -0.25) is 4.79 Å². The number of anilines is 1. The van der Waals surface area contributed by atoms with E-state index in [0.717, 1.165) is 21.3 Å². The Kier molecular flexibility index (Phi) is 5.30. The topological polar surface area (TPSA) is 72.2 Å². The van der Waals surface area contributed by atoms with Gasteiger partial charge >= 0.3 is 0 Å². The zero-order valence-corrected chi connectivity index (χ0v) is 18.2. The van der Waals surface area contributed by atoms with Gasteiger partial charge in [0.2, 0.25) is 0 Å². The van der Waals surface area contributed by atoms with Crippen molar-refractivity contribution >= 4 is 29.1 Å². The van der Waals surface area contributed by atoms with Gasteiger partial charge in [-0.15, -0.1) is 0 Å². The van der Waals surface area contributed by atoms with Crippen molar-refractivity contribution in [3.63, 3.8) is 0 Å². The highest BCUT2D eigenvalue weighted by Gasteiger charge is 2.16. The number of aromatic nitrogens is 4. The van der Waals surface area contributed by atoms with Gasteiger partial charge in [-0.05, 0) is 48.2 Å². The first-order valence-corrected chi connectivity index (χ1v) is 10.5. The average Bonchev–Trinajstić information content (AvgIpc) is 3.17. The van der Waals surface area contributed by atoms with Gasteiger partial charge in [0.25, 0.3) is 11.7 Å². The number of amides is 1. The Labute approximate surface area is 179 Å². The van der Waals surface area contributed by atoms with Crippen LogP contribution < -0.4 is 5.32 Å². The van der Waals surface area contributed by atoms with Crippen LogP contribution in [0.3, 0.4) is 0 Å². The van der Waals surface area contributed by atoms with E-state index in [0.29, 0.717) is 11.3 Å². The molecule has 0 aliphatic carbocycles. The average molecular weight is 418 g/mol. The lowest BCUT2D eigenvalue weighted by atomic mass is 9.87. The Hall–Kier alpha value is -3.19. The summed E-state index contributed by atoms with van der Waals surface area (Å²) in [5.41, 5.74) is 3.47. The van der Waals surface area contributed by atoms with Gasteiger partial charge < -0.3 is 5.32 Å². The Morgan fingerprint density at radius 3 is 2.53 bits per heavy atom. The van der Waals surface area contributed by atoms with Crippen molar-refractivity contribution in [2.75, 3.05) is 5.32 Å². The molecule has 1 N–H and O–H groups in total. The molecule has 4 rings (SSSR count). The second-order valence-corrected chi connectivity index (χ2v) is 9.15. The zero-order valence-electron chi connectivity index (χ0n) is 17.4. The van der Waals surface area contributed by atoms with Crippen LogP contribution in [0.4, 0.5) is 5.69 Å².